The predicted octanol–water partition coefficient (Wildman–Crippen LogP) is 1.46. The molecule has 0 bridgehead atoms. The van der Waals surface area contributed by atoms with Gasteiger partial charge in [-0.05, 0) is 44.9 Å². The molecular weight excluding hydrogens is 399 g/mol. The average molecular weight is 425 g/mol. The molecule has 0 unspecified atom stereocenters. The lowest BCUT2D eigenvalue weighted by atomic mass is 9.99. The van der Waals surface area contributed by atoms with Crippen molar-refractivity contribution in [2.75, 3.05) is 13.6 Å². The minimum Gasteiger partial charge on any atom is -0.358 e. The van der Waals surface area contributed by atoms with E-state index in [1.54, 1.807) is 30.9 Å². The van der Waals surface area contributed by atoms with Crippen LogP contribution < -0.4 is 16.0 Å². The Hall–Kier alpha value is -2.52. The number of hydrogen-bond acceptors (Lipinski definition) is 5. The molecule has 10 heteroatoms. The topological polar surface area (TPSA) is 101 Å². The number of nitrogens with one attached hydrogen (secondary N) is 3. The first kappa shape index (κ1) is 22.8. The third kappa shape index (κ3) is 4.91. The maximum atomic E-state index is 13.5. The maximum absolute atomic E-state index is 13.5. The summed E-state index contributed by atoms with van der Waals surface area (Å²) in [7, 11) is 1.61. The molecule has 2 aromatic rings. The highest BCUT2D eigenvalue weighted by Gasteiger charge is 2.33. The Bertz CT molecular complexity index is 901. The molecule has 0 aliphatic carbocycles. The summed E-state index contributed by atoms with van der Waals surface area (Å²) in [6, 6.07) is 3.86. The van der Waals surface area contributed by atoms with E-state index in [1.807, 2.05) is 13.8 Å². The van der Waals surface area contributed by atoms with Crippen LogP contribution in [0.3, 0.4) is 0 Å². The molecule has 2 amide bonds. The average Bonchev–Trinajstić information content (AvgIpc) is 3.32. The van der Waals surface area contributed by atoms with E-state index in [-0.39, 0.29) is 41.9 Å². The van der Waals surface area contributed by atoms with Crippen LogP contribution in [0.1, 0.15) is 47.9 Å². The summed E-state index contributed by atoms with van der Waals surface area (Å²) < 4.78 is 15.2. The van der Waals surface area contributed by atoms with Crippen molar-refractivity contribution in [3.05, 3.63) is 47.0 Å². The molecule has 29 heavy (non-hydrogen) atoms. The molecule has 1 saturated heterocycles. The number of halogens is 2. The first-order valence-corrected chi connectivity index (χ1v) is 9.17. The van der Waals surface area contributed by atoms with Crippen molar-refractivity contribution in [1.29, 1.82) is 0 Å². The van der Waals surface area contributed by atoms with Crippen molar-refractivity contribution in [3.8, 4) is 0 Å². The van der Waals surface area contributed by atoms with E-state index in [2.05, 4.69) is 26.3 Å². The van der Waals surface area contributed by atoms with Crippen molar-refractivity contribution < 1.29 is 14.0 Å². The normalized spacial score (nSPS) is 18.8. The second-order valence-electron chi connectivity index (χ2n) is 7.59. The monoisotopic (exact) mass is 424 g/mol. The summed E-state index contributed by atoms with van der Waals surface area (Å²) in [5, 5.41) is 17.1. The standard InChI is InChI=1S/C19H25FN6O2.ClH/c1-11-5-6-12(20)7-14(11)17(27)23-19(2,3)16-10-26(25-24-16)13-8-15(22-9-13)18(28)21-4;/h5-7,10,13,15,22H,8-9H2,1-4H3,(H,21,28)(H,23,27);1H/t13-,15-;/m0./s1. The van der Waals surface area contributed by atoms with Crippen LogP contribution in [0.15, 0.2) is 24.4 Å². The largest absolute Gasteiger partial charge is 0.358 e. The summed E-state index contributed by atoms with van der Waals surface area (Å²) in [4.78, 5) is 24.4. The van der Waals surface area contributed by atoms with Gasteiger partial charge >= 0.3 is 0 Å². The Morgan fingerprint density at radius 2 is 2.07 bits per heavy atom. The van der Waals surface area contributed by atoms with Gasteiger partial charge in [-0.25, -0.2) is 9.07 Å². The number of carbonyl (C=O) groups excluding carboxylic acids is 2. The smallest absolute Gasteiger partial charge is 0.252 e. The SMILES string of the molecule is CNC(=O)[C@@H]1C[C@H](n2cc(C(C)(C)NC(=O)c3cc(F)ccc3C)nn2)CN1.Cl. The summed E-state index contributed by atoms with van der Waals surface area (Å²) >= 11 is 0. The van der Waals surface area contributed by atoms with Crippen LogP contribution in [0, 0.1) is 12.7 Å². The lowest BCUT2D eigenvalue weighted by Gasteiger charge is -2.24. The van der Waals surface area contributed by atoms with Crippen molar-refractivity contribution in [2.24, 2.45) is 0 Å². The van der Waals surface area contributed by atoms with Crippen LogP contribution in [0.4, 0.5) is 4.39 Å². The number of aryl methyl sites for hydroxylation is 1. The Labute approximate surface area is 175 Å². The van der Waals surface area contributed by atoms with Gasteiger partial charge in [0.1, 0.15) is 11.5 Å². The fraction of sp³-hybridized carbons (Fsp3) is 0.474. The number of rotatable bonds is 5. The molecule has 3 rings (SSSR count). The highest BCUT2D eigenvalue weighted by Crippen LogP contribution is 2.23. The Kier molecular flexibility index (Phi) is 6.97. The van der Waals surface area contributed by atoms with E-state index in [4.69, 9.17) is 0 Å². The van der Waals surface area contributed by atoms with Crippen LogP contribution in [-0.2, 0) is 10.3 Å². The van der Waals surface area contributed by atoms with E-state index < -0.39 is 11.4 Å². The lowest BCUT2D eigenvalue weighted by Crippen LogP contribution is -2.41. The molecule has 1 aliphatic heterocycles. The molecule has 1 aromatic heterocycles. The number of carbonyl (C=O) groups is 2. The van der Waals surface area contributed by atoms with Gasteiger partial charge in [0.15, 0.2) is 0 Å². The second-order valence-corrected chi connectivity index (χ2v) is 7.59. The quantitative estimate of drug-likeness (QED) is 0.674. The molecule has 1 fully saturated rings. The zero-order chi connectivity index (χ0) is 20.5. The molecule has 0 radical (unpaired) electrons. The lowest BCUT2D eigenvalue weighted by molar-refractivity contribution is -0.122. The number of aromatic nitrogens is 3. The van der Waals surface area contributed by atoms with Gasteiger partial charge in [0.25, 0.3) is 5.91 Å². The summed E-state index contributed by atoms with van der Waals surface area (Å²) in [5.74, 6) is -0.890. The van der Waals surface area contributed by atoms with Gasteiger partial charge in [-0.2, -0.15) is 0 Å². The number of amides is 2. The Morgan fingerprint density at radius 1 is 1.34 bits per heavy atom. The Balaban J connectivity index is 0.00000300. The zero-order valence-corrected chi connectivity index (χ0v) is 17.6. The third-order valence-electron chi connectivity index (χ3n) is 5.07. The number of benzene rings is 1. The van der Waals surface area contributed by atoms with Crippen molar-refractivity contribution in [1.82, 2.24) is 30.9 Å². The van der Waals surface area contributed by atoms with E-state index >= 15 is 0 Å². The summed E-state index contributed by atoms with van der Waals surface area (Å²) in [6.07, 6.45) is 2.38. The van der Waals surface area contributed by atoms with E-state index in [9.17, 15) is 14.0 Å². The highest BCUT2D eigenvalue weighted by atomic mass is 35.5. The molecule has 1 aliphatic rings. The molecule has 3 N–H and O–H groups in total. The van der Waals surface area contributed by atoms with Gasteiger partial charge < -0.3 is 16.0 Å². The van der Waals surface area contributed by atoms with Gasteiger partial charge in [-0.3, -0.25) is 9.59 Å². The molecule has 1 aromatic carbocycles. The maximum Gasteiger partial charge on any atom is 0.252 e. The first-order chi connectivity index (χ1) is 13.2. The van der Waals surface area contributed by atoms with Crippen molar-refractivity contribution in [3.63, 3.8) is 0 Å². The number of nitrogens with zero attached hydrogens (tertiary/aromatic N) is 3. The number of hydrogen-bond donors (Lipinski definition) is 3. The minimum absolute atomic E-state index is 0. The van der Waals surface area contributed by atoms with E-state index in [1.165, 1.54) is 12.1 Å². The van der Waals surface area contributed by atoms with Gasteiger partial charge in [0.05, 0.1) is 23.8 Å². The van der Waals surface area contributed by atoms with Crippen molar-refractivity contribution in [2.45, 2.75) is 44.8 Å². The molecular formula is C19H26ClFN6O2. The third-order valence-corrected chi connectivity index (χ3v) is 5.07. The fourth-order valence-corrected chi connectivity index (χ4v) is 3.29. The first-order valence-electron chi connectivity index (χ1n) is 9.17. The molecule has 8 nitrogen and oxygen atoms in total. The molecule has 2 atom stereocenters. The van der Waals surface area contributed by atoms with Crippen LogP contribution in [0.25, 0.3) is 0 Å². The summed E-state index contributed by atoms with van der Waals surface area (Å²) in [6.45, 7) is 5.99. The Morgan fingerprint density at radius 3 is 2.76 bits per heavy atom. The minimum atomic E-state index is -0.805. The summed E-state index contributed by atoms with van der Waals surface area (Å²) in [5.41, 5.74) is 0.753. The van der Waals surface area contributed by atoms with E-state index in [0.717, 1.165) is 0 Å². The molecule has 0 spiro atoms. The van der Waals surface area contributed by atoms with Crippen molar-refractivity contribution >= 4 is 24.2 Å². The predicted molar refractivity (Wildman–Crippen MR) is 108 cm³/mol. The van der Waals surface area contributed by atoms with Gasteiger partial charge in [0, 0.05) is 19.2 Å². The number of likely N-dealkylation sites (N-methyl/N-ethyl adjacent to an activating group) is 1. The van der Waals surface area contributed by atoms with Gasteiger partial charge in [-0.15, -0.1) is 17.5 Å². The molecule has 2 heterocycles. The highest BCUT2D eigenvalue weighted by molar-refractivity contribution is 5.96. The second kappa shape index (κ2) is 8.87. The molecule has 0 saturated carbocycles. The van der Waals surface area contributed by atoms with Crippen LogP contribution in [-0.4, -0.2) is 46.4 Å². The van der Waals surface area contributed by atoms with Gasteiger partial charge in [-0.1, -0.05) is 11.3 Å². The van der Waals surface area contributed by atoms with Gasteiger partial charge in [0.2, 0.25) is 5.91 Å². The fourth-order valence-electron chi connectivity index (χ4n) is 3.29. The van der Waals surface area contributed by atoms with E-state index in [0.29, 0.717) is 24.2 Å². The zero-order valence-electron chi connectivity index (χ0n) is 16.8. The molecule has 158 valence electrons. The van der Waals surface area contributed by atoms with Crippen LogP contribution in [0.2, 0.25) is 0 Å². The van der Waals surface area contributed by atoms with Crippen LogP contribution >= 0.6 is 12.4 Å². The van der Waals surface area contributed by atoms with Crippen LogP contribution in [0.5, 0.6) is 0 Å².